The zero-order chi connectivity index (χ0) is 25.2. The van der Waals surface area contributed by atoms with Crippen molar-refractivity contribution in [2.45, 2.75) is 38.4 Å². The lowest BCUT2D eigenvalue weighted by Gasteiger charge is -2.41. The third kappa shape index (κ3) is 7.36. The van der Waals surface area contributed by atoms with Gasteiger partial charge in [0.15, 0.2) is 11.6 Å². The van der Waals surface area contributed by atoms with Gasteiger partial charge in [0.2, 0.25) is 0 Å². The van der Waals surface area contributed by atoms with Crippen molar-refractivity contribution in [2.24, 2.45) is 5.92 Å². The monoisotopic (exact) mass is 491 g/mol. The summed E-state index contributed by atoms with van der Waals surface area (Å²) in [7, 11) is 3.29. The van der Waals surface area contributed by atoms with E-state index in [9.17, 15) is 4.39 Å². The summed E-state index contributed by atoms with van der Waals surface area (Å²) in [5.74, 6) is 0.575. The lowest BCUT2D eigenvalue weighted by Crippen LogP contribution is -2.47. The van der Waals surface area contributed by atoms with E-state index in [0.29, 0.717) is 24.3 Å². The Labute approximate surface area is 214 Å². The van der Waals surface area contributed by atoms with Crippen LogP contribution in [0.2, 0.25) is 0 Å². The molecule has 0 N–H and O–H groups in total. The van der Waals surface area contributed by atoms with Crippen LogP contribution >= 0.6 is 0 Å². The van der Waals surface area contributed by atoms with Crippen molar-refractivity contribution in [3.63, 3.8) is 0 Å². The van der Waals surface area contributed by atoms with Crippen LogP contribution in [0.5, 0.6) is 5.75 Å². The number of nitrogens with zero attached hydrogens (tertiary/aromatic N) is 3. The van der Waals surface area contributed by atoms with Crippen molar-refractivity contribution in [3.8, 4) is 5.75 Å². The van der Waals surface area contributed by atoms with Crippen LogP contribution in [0, 0.1) is 11.7 Å². The molecule has 5 nitrogen and oxygen atoms in total. The predicted molar refractivity (Wildman–Crippen MR) is 141 cm³/mol. The van der Waals surface area contributed by atoms with E-state index in [0.717, 1.165) is 63.2 Å². The molecule has 1 aromatic heterocycles. The molecule has 2 aromatic carbocycles. The van der Waals surface area contributed by atoms with Gasteiger partial charge in [0.05, 0.1) is 19.4 Å². The number of piperidine rings is 1. The molecule has 1 fully saturated rings. The lowest BCUT2D eigenvalue weighted by molar-refractivity contribution is 0.0564. The Balaban J connectivity index is 1.47. The largest absolute Gasteiger partial charge is 0.494 e. The van der Waals surface area contributed by atoms with Crippen molar-refractivity contribution in [1.29, 1.82) is 0 Å². The fourth-order valence-electron chi connectivity index (χ4n) is 5.28. The number of likely N-dealkylation sites (tertiary alicyclic amines) is 1. The van der Waals surface area contributed by atoms with E-state index in [4.69, 9.17) is 9.47 Å². The van der Waals surface area contributed by atoms with Crippen LogP contribution in [0.4, 0.5) is 4.39 Å². The van der Waals surface area contributed by atoms with E-state index < -0.39 is 0 Å². The molecule has 0 unspecified atom stereocenters. The molecule has 0 amide bonds. The molecule has 0 saturated carbocycles. The van der Waals surface area contributed by atoms with Crippen molar-refractivity contribution in [2.75, 3.05) is 40.5 Å². The minimum absolute atomic E-state index is 0.312. The number of methoxy groups -OCH3 is 2. The highest BCUT2D eigenvalue weighted by molar-refractivity contribution is 5.30. The highest BCUT2D eigenvalue weighted by Gasteiger charge is 2.31. The van der Waals surface area contributed by atoms with Crippen molar-refractivity contribution in [1.82, 2.24) is 14.8 Å². The second-order valence-electron chi connectivity index (χ2n) is 9.62. The molecular weight excluding hydrogens is 453 g/mol. The fourth-order valence-corrected chi connectivity index (χ4v) is 5.28. The molecule has 1 saturated heterocycles. The normalized spacial score (nSPS) is 15.8. The van der Waals surface area contributed by atoms with Crippen molar-refractivity contribution in [3.05, 3.63) is 95.6 Å². The third-order valence-electron chi connectivity index (χ3n) is 7.23. The van der Waals surface area contributed by atoms with E-state index in [2.05, 4.69) is 57.2 Å². The Morgan fingerprint density at radius 1 is 1.00 bits per heavy atom. The summed E-state index contributed by atoms with van der Waals surface area (Å²) in [6.45, 7) is 5.25. The standard InChI is InChI=1S/C30H38FN3O2/c1-35-19-18-34(23-27-10-6-7-15-32-27)29(20-24-8-4-3-5-9-24)26-13-16-33(17-14-26)22-25-11-12-28(31)30(21-25)36-2/h3-12,15,21,26,29H,13-14,16-20,22-23H2,1-2H3/t29-/m0/s1. The summed E-state index contributed by atoms with van der Waals surface area (Å²) in [4.78, 5) is 9.66. The van der Waals surface area contributed by atoms with Gasteiger partial charge in [-0.2, -0.15) is 0 Å². The molecule has 192 valence electrons. The minimum Gasteiger partial charge on any atom is -0.494 e. The molecule has 0 aliphatic carbocycles. The average Bonchev–Trinajstić information content (AvgIpc) is 2.92. The number of ether oxygens (including phenoxy) is 2. The first-order valence-electron chi connectivity index (χ1n) is 12.9. The topological polar surface area (TPSA) is 37.8 Å². The molecule has 0 bridgehead atoms. The van der Waals surface area contributed by atoms with Gasteiger partial charge >= 0.3 is 0 Å². The average molecular weight is 492 g/mol. The maximum atomic E-state index is 13.8. The summed E-state index contributed by atoms with van der Waals surface area (Å²) in [5.41, 5.74) is 3.55. The van der Waals surface area contributed by atoms with Crippen LogP contribution in [-0.4, -0.2) is 61.3 Å². The SMILES string of the molecule is COCCN(Cc1ccccn1)[C@@H](Cc1ccccc1)C1CCN(Cc2ccc(F)c(OC)c2)CC1. The summed E-state index contributed by atoms with van der Waals surface area (Å²) in [6, 6.07) is 22.5. The summed E-state index contributed by atoms with van der Waals surface area (Å²) < 4.78 is 24.5. The summed E-state index contributed by atoms with van der Waals surface area (Å²) in [6.07, 6.45) is 5.14. The zero-order valence-electron chi connectivity index (χ0n) is 21.5. The first-order chi connectivity index (χ1) is 17.7. The van der Waals surface area contributed by atoms with E-state index >= 15 is 0 Å². The van der Waals surface area contributed by atoms with Crippen LogP contribution in [0.1, 0.15) is 29.7 Å². The van der Waals surface area contributed by atoms with Gasteiger partial charge in [0.1, 0.15) is 0 Å². The molecule has 4 rings (SSSR count). The number of halogens is 1. The van der Waals surface area contributed by atoms with E-state index in [1.54, 1.807) is 7.11 Å². The second kappa shape index (κ2) is 13.5. The number of pyridine rings is 1. The smallest absolute Gasteiger partial charge is 0.165 e. The van der Waals surface area contributed by atoms with Crippen molar-refractivity contribution >= 4 is 0 Å². The number of aromatic nitrogens is 1. The first-order valence-corrected chi connectivity index (χ1v) is 12.9. The molecular formula is C30H38FN3O2. The highest BCUT2D eigenvalue weighted by atomic mass is 19.1. The summed E-state index contributed by atoms with van der Waals surface area (Å²) >= 11 is 0. The number of hydrogen-bond donors (Lipinski definition) is 0. The van der Waals surface area contributed by atoms with Gasteiger partial charge < -0.3 is 9.47 Å². The van der Waals surface area contributed by atoms with Crippen molar-refractivity contribution < 1.29 is 13.9 Å². The van der Waals surface area contributed by atoms with Gasteiger partial charge in [-0.05, 0) is 73.7 Å². The van der Waals surface area contributed by atoms with Gasteiger partial charge in [-0.1, -0.05) is 42.5 Å². The van der Waals surface area contributed by atoms with Crippen LogP contribution in [0.3, 0.4) is 0 Å². The Bertz CT molecular complexity index is 1040. The van der Waals surface area contributed by atoms with Gasteiger partial charge in [-0.15, -0.1) is 0 Å². The van der Waals surface area contributed by atoms with Gasteiger partial charge in [0.25, 0.3) is 0 Å². The molecule has 6 heteroatoms. The quantitative estimate of drug-likeness (QED) is 0.348. The molecule has 1 aliphatic rings. The number of hydrogen-bond acceptors (Lipinski definition) is 5. The van der Waals surface area contributed by atoms with E-state index in [1.807, 2.05) is 24.4 Å². The molecule has 36 heavy (non-hydrogen) atoms. The third-order valence-corrected chi connectivity index (χ3v) is 7.23. The van der Waals surface area contributed by atoms with Gasteiger partial charge in [-0.25, -0.2) is 4.39 Å². The first kappa shape index (κ1) is 26.3. The van der Waals surface area contributed by atoms with Gasteiger partial charge in [-0.3, -0.25) is 14.8 Å². The molecule has 3 aromatic rings. The van der Waals surface area contributed by atoms with Crippen LogP contribution < -0.4 is 4.74 Å². The summed E-state index contributed by atoms with van der Waals surface area (Å²) in [5, 5.41) is 0. The molecule has 2 heterocycles. The number of benzene rings is 2. The molecule has 1 atom stereocenters. The Morgan fingerprint density at radius 2 is 1.78 bits per heavy atom. The van der Waals surface area contributed by atoms with E-state index in [1.165, 1.54) is 18.7 Å². The molecule has 0 radical (unpaired) electrons. The highest BCUT2D eigenvalue weighted by Crippen LogP contribution is 2.29. The predicted octanol–water partition coefficient (Wildman–Crippen LogP) is 5.20. The number of rotatable bonds is 12. The zero-order valence-corrected chi connectivity index (χ0v) is 21.5. The van der Waals surface area contributed by atoms with Crippen LogP contribution in [0.15, 0.2) is 72.9 Å². The molecule has 0 spiro atoms. The Morgan fingerprint density at radius 3 is 2.47 bits per heavy atom. The molecule has 1 aliphatic heterocycles. The van der Waals surface area contributed by atoms with E-state index in [-0.39, 0.29) is 5.82 Å². The van der Waals surface area contributed by atoms with Crippen LogP contribution in [-0.2, 0) is 24.2 Å². The Hall–Kier alpha value is -2.80. The fraction of sp³-hybridized carbons (Fsp3) is 0.433. The lowest BCUT2D eigenvalue weighted by atomic mass is 9.84. The maximum Gasteiger partial charge on any atom is 0.165 e. The van der Waals surface area contributed by atoms with Crippen LogP contribution in [0.25, 0.3) is 0 Å². The second-order valence-corrected chi connectivity index (χ2v) is 9.62. The Kier molecular flexibility index (Phi) is 9.84. The minimum atomic E-state index is -0.312. The van der Waals surface area contributed by atoms with Gasteiger partial charge in [0, 0.05) is 39.0 Å². The maximum absolute atomic E-state index is 13.8.